The van der Waals surface area contributed by atoms with E-state index >= 15 is 4.39 Å². The maximum Gasteiger partial charge on any atom is 0.410 e. The molecule has 0 unspecified atom stereocenters. The summed E-state index contributed by atoms with van der Waals surface area (Å²) in [6.07, 6.45) is -1.64. The van der Waals surface area contributed by atoms with Gasteiger partial charge in [-0.2, -0.15) is 8.78 Å². The van der Waals surface area contributed by atoms with Crippen LogP contribution in [0.3, 0.4) is 0 Å². The van der Waals surface area contributed by atoms with Gasteiger partial charge in [0.05, 0.1) is 22.7 Å². The van der Waals surface area contributed by atoms with Crippen LogP contribution in [0.4, 0.5) is 32.6 Å². The van der Waals surface area contributed by atoms with Crippen molar-refractivity contribution in [3.05, 3.63) is 47.7 Å². The molecule has 0 spiro atoms. The summed E-state index contributed by atoms with van der Waals surface area (Å²) in [5.74, 6) is -6.17. The van der Waals surface area contributed by atoms with Crippen molar-refractivity contribution < 1.29 is 45.6 Å². The molecule has 218 valence electrons. The summed E-state index contributed by atoms with van der Waals surface area (Å²) in [7, 11) is -3.98. The number of nitrogens with one attached hydrogen (secondary N) is 3. The molecule has 40 heavy (non-hydrogen) atoms. The molecule has 4 N–H and O–H groups in total. The summed E-state index contributed by atoms with van der Waals surface area (Å²) >= 11 is 0. The first-order valence-corrected chi connectivity index (χ1v) is 13.5. The lowest BCUT2D eigenvalue weighted by atomic mass is 9.88. The second-order valence-corrected chi connectivity index (χ2v) is 13.3. The molecule has 2 aliphatic heterocycles. The van der Waals surface area contributed by atoms with Crippen molar-refractivity contribution in [1.82, 2.24) is 20.0 Å². The minimum absolute atomic E-state index is 0.244. The van der Waals surface area contributed by atoms with Crippen molar-refractivity contribution in [2.45, 2.75) is 55.3 Å². The van der Waals surface area contributed by atoms with Crippen LogP contribution in [0.5, 0.6) is 5.75 Å². The van der Waals surface area contributed by atoms with E-state index < -0.39 is 74.7 Å². The Morgan fingerprint density at radius 2 is 1.88 bits per heavy atom. The number of anilines is 1. The van der Waals surface area contributed by atoms with Gasteiger partial charge in [-0.05, 0) is 55.2 Å². The van der Waals surface area contributed by atoms with E-state index in [4.69, 9.17) is 0 Å². The average molecular weight is 593 g/mol. The molecule has 4 rings (SSSR count). The van der Waals surface area contributed by atoms with Gasteiger partial charge in [0.2, 0.25) is 0 Å². The second kappa shape index (κ2) is 10.0. The molecule has 1 saturated heterocycles. The Labute approximate surface area is 225 Å². The van der Waals surface area contributed by atoms with Crippen molar-refractivity contribution in [2.75, 3.05) is 11.9 Å². The van der Waals surface area contributed by atoms with Gasteiger partial charge in [-0.3, -0.25) is 24.0 Å². The van der Waals surface area contributed by atoms with E-state index in [1.54, 1.807) is 0 Å². The van der Waals surface area contributed by atoms with Gasteiger partial charge in [-0.25, -0.2) is 27.9 Å². The standard InChI is InChI=1S/C23H25F5N6O5S/c1-21(2)18(33-20(36)37)34-22(3,14-8-23(27,28)10-30-40(14,21)38)16-12(24)5-7-15(31-16)32-17(35)13-6-4-11(9-29-13)39-19(25)26/h4-7,9,14,19,40H,8,10H2,1-3H3,(H,30,38)(H,33,34)(H,36,37)(H,31,32,35)/t14-,22+/m1/s1. The van der Waals surface area contributed by atoms with Gasteiger partial charge in [0.25, 0.3) is 11.8 Å². The number of alkyl halides is 4. The number of carboxylic acid groups (broad SMARTS) is 1. The number of carbonyl (C=O) groups is 2. The first kappa shape index (κ1) is 29.3. The summed E-state index contributed by atoms with van der Waals surface area (Å²) in [6.45, 7) is -0.0564. The van der Waals surface area contributed by atoms with E-state index in [0.717, 1.165) is 30.5 Å². The molecule has 2 aliphatic rings. The Balaban J connectivity index is 1.76. The summed E-state index contributed by atoms with van der Waals surface area (Å²) in [5.41, 5.74) is -2.88. The number of aromatic nitrogens is 2. The van der Waals surface area contributed by atoms with Gasteiger partial charge >= 0.3 is 12.7 Å². The average Bonchev–Trinajstić information content (AvgIpc) is 2.85. The van der Waals surface area contributed by atoms with Crippen LogP contribution in [-0.2, 0) is 15.7 Å². The Morgan fingerprint density at radius 1 is 1.18 bits per heavy atom. The second-order valence-electron chi connectivity index (χ2n) is 9.90. The summed E-state index contributed by atoms with van der Waals surface area (Å²) in [6, 6.07) is 4.10. The van der Waals surface area contributed by atoms with Gasteiger partial charge in [-0.1, -0.05) is 0 Å². The quantitative estimate of drug-likeness (QED) is 0.264. The molecular formula is C23H25F5N6O5S. The molecule has 0 aromatic carbocycles. The van der Waals surface area contributed by atoms with E-state index in [9.17, 15) is 36.5 Å². The van der Waals surface area contributed by atoms with E-state index in [0.29, 0.717) is 0 Å². The zero-order chi connectivity index (χ0) is 29.7. The fraction of sp³-hybridized carbons (Fsp3) is 0.435. The topological polar surface area (TPSA) is 155 Å². The smallest absolute Gasteiger partial charge is 0.410 e. The lowest BCUT2D eigenvalue weighted by Crippen LogP contribution is -2.73. The number of amides is 2. The van der Waals surface area contributed by atoms with Gasteiger partial charge < -0.3 is 15.2 Å². The number of carbonyl (C=O) groups excluding carboxylic acids is 1. The van der Waals surface area contributed by atoms with Crippen molar-refractivity contribution >= 4 is 33.8 Å². The molecule has 2 atom stereocenters. The molecule has 2 amide bonds. The van der Waals surface area contributed by atoms with E-state index in [2.05, 4.69) is 35.1 Å². The fourth-order valence-corrected chi connectivity index (χ4v) is 8.49. The Bertz CT molecular complexity index is 1420. The number of fused-ring (bicyclic) bond motifs is 1. The molecule has 2 aromatic rings. The highest BCUT2D eigenvalue weighted by molar-refractivity contribution is 8.04. The first-order chi connectivity index (χ1) is 18.5. The van der Waals surface area contributed by atoms with Crippen LogP contribution in [0.2, 0.25) is 0 Å². The molecule has 0 bridgehead atoms. The van der Waals surface area contributed by atoms with Crippen molar-refractivity contribution in [3.8, 4) is 5.75 Å². The Kier molecular flexibility index (Phi) is 7.33. The minimum atomic E-state index is -3.98. The number of ether oxygens (including phenoxy) is 1. The number of amidine groups is 1. The van der Waals surface area contributed by atoms with Gasteiger partial charge in [0, 0.05) is 6.42 Å². The molecule has 0 saturated carbocycles. The highest BCUT2D eigenvalue weighted by atomic mass is 32.3. The van der Waals surface area contributed by atoms with E-state index in [1.165, 1.54) is 20.8 Å². The number of nitrogens with zero attached hydrogens (tertiary/aromatic N) is 3. The van der Waals surface area contributed by atoms with Crippen LogP contribution in [0.25, 0.3) is 0 Å². The van der Waals surface area contributed by atoms with Crippen molar-refractivity contribution in [1.29, 1.82) is 0 Å². The number of rotatable bonds is 5. The molecule has 11 nitrogen and oxygen atoms in total. The third kappa shape index (κ3) is 5.22. The van der Waals surface area contributed by atoms with E-state index in [1.807, 2.05) is 0 Å². The van der Waals surface area contributed by atoms with Gasteiger partial charge in [0.1, 0.15) is 40.1 Å². The maximum atomic E-state index is 15.3. The fourth-order valence-electron chi connectivity index (χ4n) is 4.80. The Morgan fingerprint density at radius 3 is 2.48 bits per heavy atom. The number of hydrogen-bond acceptors (Lipinski definition) is 7. The Hall–Kier alpha value is -3.73. The highest BCUT2D eigenvalue weighted by Crippen LogP contribution is 2.50. The molecule has 0 aliphatic carbocycles. The SMILES string of the molecule is CC1(C)C(NC(=O)O)=N[C@](C)(c2nc(NC(=O)c3ccc(OC(F)F)cn3)ccc2F)[C@H]2CC(F)(F)CN[SH]21=O. The zero-order valence-corrected chi connectivity index (χ0v) is 22.1. The van der Waals surface area contributed by atoms with Crippen LogP contribution >= 0.6 is 0 Å². The first-order valence-electron chi connectivity index (χ1n) is 11.7. The molecule has 0 radical (unpaired) electrons. The molecular weight excluding hydrogens is 567 g/mol. The van der Waals surface area contributed by atoms with E-state index in [-0.39, 0.29) is 23.1 Å². The summed E-state index contributed by atoms with van der Waals surface area (Å²) < 4.78 is 88.6. The number of hydrogen-bond donors (Lipinski definition) is 5. The van der Waals surface area contributed by atoms with Crippen LogP contribution in [0.15, 0.2) is 35.5 Å². The number of pyridine rings is 2. The molecule has 17 heteroatoms. The predicted molar refractivity (Wildman–Crippen MR) is 134 cm³/mol. The van der Waals surface area contributed by atoms with Crippen LogP contribution in [0.1, 0.15) is 43.4 Å². The lowest BCUT2D eigenvalue weighted by Gasteiger charge is -2.57. The molecule has 1 fully saturated rings. The van der Waals surface area contributed by atoms with Crippen LogP contribution < -0.4 is 20.1 Å². The summed E-state index contributed by atoms with van der Waals surface area (Å²) in [5, 5.41) is 12.2. The normalized spacial score (nSPS) is 25.2. The number of halogens is 5. The highest BCUT2D eigenvalue weighted by Gasteiger charge is 2.62. The van der Waals surface area contributed by atoms with Crippen LogP contribution in [-0.4, -0.2) is 66.2 Å². The third-order valence-corrected chi connectivity index (χ3v) is 11.0. The van der Waals surface area contributed by atoms with Gasteiger partial charge in [-0.15, -0.1) is 0 Å². The minimum Gasteiger partial charge on any atom is -0.465 e. The lowest BCUT2D eigenvalue weighted by molar-refractivity contribution is -0.0500. The predicted octanol–water partition coefficient (Wildman–Crippen LogP) is 3.07. The van der Waals surface area contributed by atoms with Crippen molar-refractivity contribution in [3.63, 3.8) is 0 Å². The van der Waals surface area contributed by atoms with Crippen LogP contribution in [0, 0.1) is 5.82 Å². The zero-order valence-electron chi connectivity index (χ0n) is 21.2. The third-order valence-electron chi connectivity index (χ3n) is 6.89. The monoisotopic (exact) mass is 592 g/mol. The van der Waals surface area contributed by atoms with Crippen molar-refractivity contribution in [2.24, 2.45) is 4.99 Å². The summed E-state index contributed by atoms with van der Waals surface area (Å²) in [4.78, 5) is 36.3. The maximum absolute atomic E-state index is 15.3. The number of aliphatic imine (C=N–C) groups is 1. The largest absolute Gasteiger partial charge is 0.465 e. The number of thiol groups is 1. The molecule has 4 heterocycles. The van der Waals surface area contributed by atoms with Gasteiger partial charge in [0.15, 0.2) is 0 Å². The molecule has 2 aromatic heterocycles.